The maximum absolute atomic E-state index is 12.8. The van der Waals surface area contributed by atoms with Gasteiger partial charge in [-0.05, 0) is 29.8 Å². The number of nitrogens with zero attached hydrogens (tertiary/aromatic N) is 2. The van der Waals surface area contributed by atoms with Crippen LogP contribution in [0.25, 0.3) is 5.82 Å². The molecule has 4 nitrogen and oxygen atoms in total. The molecule has 0 spiro atoms. The number of aromatic amines is 1. The molecular formula is C15H12FN3O. The molecule has 0 aliphatic heterocycles. The average Bonchev–Trinajstić information content (AvgIpc) is 2.83. The van der Waals surface area contributed by atoms with Crippen molar-refractivity contribution in [3.05, 3.63) is 82.2 Å². The second-order valence-corrected chi connectivity index (χ2v) is 4.45. The van der Waals surface area contributed by atoms with Crippen LogP contribution in [0.5, 0.6) is 0 Å². The lowest BCUT2D eigenvalue weighted by Gasteiger charge is -2.01. The summed E-state index contributed by atoms with van der Waals surface area (Å²) in [5.41, 5.74) is 1.52. The van der Waals surface area contributed by atoms with Gasteiger partial charge in [-0.2, -0.15) is 0 Å². The van der Waals surface area contributed by atoms with Crippen molar-refractivity contribution in [3.8, 4) is 5.82 Å². The molecule has 0 amide bonds. The zero-order chi connectivity index (χ0) is 13.9. The van der Waals surface area contributed by atoms with Crippen molar-refractivity contribution >= 4 is 0 Å². The lowest BCUT2D eigenvalue weighted by molar-refractivity contribution is 0.627. The molecule has 1 aromatic carbocycles. The van der Waals surface area contributed by atoms with Crippen LogP contribution in [-0.2, 0) is 6.42 Å². The van der Waals surface area contributed by atoms with Gasteiger partial charge in [0.2, 0.25) is 0 Å². The second-order valence-electron chi connectivity index (χ2n) is 4.45. The first-order valence-corrected chi connectivity index (χ1v) is 6.19. The van der Waals surface area contributed by atoms with Gasteiger partial charge in [0.1, 0.15) is 5.82 Å². The minimum absolute atomic E-state index is 0.166. The van der Waals surface area contributed by atoms with Crippen LogP contribution in [0.15, 0.2) is 59.5 Å². The predicted molar refractivity (Wildman–Crippen MR) is 73.4 cm³/mol. The molecule has 0 bridgehead atoms. The fourth-order valence-corrected chi connectivity index (χ4v) is 2.01. The van der Waals surface area contributed by atoms with E-state index in [9.17, 15) is 9.18 Å². The number of benzene rings is 1. The minimum atomic E-state index is -0.270. The Bertz CT molecular complexity index is 760. The molecule has 2 heterocycles. The molecule has 3 rings (SSSR count). The van der Waals surface area contributed by atoms with Crippen molar-refractivity contribution in [1.82, 2.24) is 14.8 Å². The SMILES string of the molecule is O=c1cc(Cc2ccc(F)cc2)[nH]n1-c1ccccn1. The monoisotopic (exact) mass is 269 g/mol. The molecule has 0 atom stereocenters. The number of hydrogen-bond donors (Lipinski definition) is 1. The Kier molecular flexibility index (Phi) is 3.16. The van der Waals surface area contributed by atoms with E-state index in [0.29, 0.717) is 12.2 Å². The number of H-pyrrole nitrogens is 1. The van der Waals surface area contributed by atoms with Crippen molar-refractivity contribution in [2.45, 2.75) is 6.42 Å². The number of pyridine rings is 1. The van der Waals surface area contributed by atoms with E-state index in [1.54, 1.807) is 30.5 Å². The zero-order valence-electron chi connectivity index (χ0n) is 10.6. The molecule has 1 N–H and O–H groups in total. The Labute approximate surface area is 114 Å². The van der Waals surface area contributed by atoms with E-state index in [1.807, 2.05) is 6.07 Å². The van der Waals surface area contributed by atoms with Gasteiger partial charge in [0.25, 0.3) is 5.56 Å². The standard InChI is InChI=1S/C15H12FN3O/c16-12-6-4-11(5-7-12)9-13-10-15(20)19(18-13)14-3-1-2-8-17-14/h1-8,10,18H,9H2. The van der Waals surface area contributed by atoms with E-state index in [1.165, 1.54) is 22.9 Å². The molecule has 0 aliphatic carbocycles. The summed E-state index contributed by atoms with van der Waals surface area (Å²) in [5.74, 6) is 0.274. The van der Waals surface area contributed by atoms with Gasteiger partial charge in [-0.3, -0.25) is 9.89 Å². The highest BCUT2D eigenvalue weighted by atomic mass is 19.1. The van der Waals surface area contributed by atoms with Crippen molar-refractivity contribution in [3.63, 3.8) is 0 Å². The van der Waals surface area contributed by atoms with Gasteiger partial charge in [-0.25, -0.2) is 14.1 Å². The van der Waals surface area contributed by atoms with E-state index >= 15 is 0 Å². The highest BCUT2D eigenvalue weighted by Gasteiger charge is 2.06. The molecule has 20 heavy (non-hydrogen) atoms. The summed E-state index contributed by atoms with van der Waals surface area (Å²) in [6, 6.07) is 13.1. The van der Waals surface area contributed by atoms with Crippen molar-refractivity contribution < 1.29 is 4.39 Å². The third kappa shape index (κ3) is 2.51. The Morgan fingerprint density at radius 3 is 2.65 bits per heavy atom. The molecule has 5 heteroatoms. The molecule has 0 saturated heterocycles. The molecular weight excluding hydrogens is 257 g/mol. The zero-order valence-corrected chi connectivity index (χ0v) is 10.6. The molecule has 0 unspecified atom stereocenters. The smallest absolute Gasteiger partial charge is 0.272 e. The Balaban J connectivity index is 1.89. The van der Waals surface area contributed by atoms with Crippen LogP contribution in [0.2, 0.25) is 0 Å². The first-order chi connectivity index (χ1) is 9.72. The van der Waals surface area contributed by atoms with Crippen LogP contribution in [0.1, 0.15) is 11.3 Å². The lowest BCUT2D eigenvalue weighted by atomic mass is 10.1. The molecule has 2 aromatic heterocycles. The normalized spacial score (nSPS) is 10.7. The van der Waals surface area contributed by atoms with Gasteiger partial charge in [-0.15, -0.1) is 0 Å². The van der Waals surface area contributed by atoms with Gasteiger partial charge in [0, 0.05) is 24.4 Å². The van der Waals surface area contributed by atoms with Crippen molar-refractivity contribution in [2.75, 3.05) is 0 Å². The van der Waals surface area contributed by atoms with Gasteiger partial charge < -0.3 is 0 Å². The van der Waals surface area contributed by atoms with Crippen LogP contribution in [0.3, 0.4) is 0 Å². The number of aromatic nitrogens is 3. The van der Waals surface area contributed by atoms with Gasteiger partial charge >= 0.3 is 0 Å². The Morgan fingerprint density at radius 1 is 1.15 bits per heavy atom. The van der Waals surface area contributed by atoms with Gasteiger partial charge in [0.15, 0.2) is 5.82 Å². The Hall–Kier alpha value is -2.69. The summed E-state index contributed by atoms with van der Waals surface area (Å²) in [7, 11) is 0. The van der Waals surface area contributed by atoms with E-state index in [0.717, 1.165) is 11.3 Å². The maximum Gasteiger partial charge on any atom is 0.272 e. The lowest BCUT2D eigenvalue weighted by Crippen LogP contribution is -2.14. The molecule has 0 aliphatic rings. The molecule has 0 radical (unpaired) electrons. The average molecular weight is 269 g/mol. The second kappa shape index (κ2) is 5.13. The van der Waals surface area contributed by atoms with Gasteiger partial charge in [0.05, 0.1) is 0 Å². The molecule has 0 saturated carbocycles. The summed E-state index contributed by atoms with van der Waals surface area (Å²) in [6.07, 6.45) is 2.16. The first-order valence-electron chi connectivity index (χ1n) is 6.19. The van der Waals surface area contributed by atoms with Crippen molar-refractivity contribution in [2.24, 2.45) is 0 Å². The fraction of sp³-hybridized carbons (Fsp3) is 0.0667. The van der Waals surface area contributed by atoms with Crippen LogP contribution in [0, 0.1) is 5.82 Å². The third-order valence-electron chi connectivity index (χ3n) is 2.96. The topological polar surface area (TPSA) is 50.7 Å². The predicted octanol–water partition coefficient (Wildman–Crippen LogP) is 2.29. The third-order valence-corrected chi connectivity index (χ3v) is 2.96. The molecule has 3 aromatic rings. The number of hydrogen-bond acceptors (Lipinski definition) is 2. The van der Waals surface area contributed by atoms with Crippen molar-refractivity contribution in [1.29, 1.82) is 0 Å². The van der Waals surface area contributed by atoms with Crippen LogP contribution in [0.4, 0.5) is 4.39 Å². The number of nitrogens with one attached hydrogen (secondary N) is 1. The summed E-state index contributed by atoms with van der Waals surface area (Å²) >= 11 is 0. The summed E-state index contributed by atoms with van der Waals surface area (Å²) in [4.78, 5) is 16.0. The van der Waals surface area contributed by atoms with E-state index in [-0.39, 0.29) is 11.4 Å². The highest BCUT2D eigenvalue weighted by molar-refractivity contribution is 5.25. The largest absolute Gasteiger partial charge is 0.293 e. The number of halogens is 1. The summed E-state index contributed by atoms with van der Waals surface area (Å²) in [6.45, 7) is 0. The molecule has 0 fully saturated rings. The summed E-state index contributed by atoms with van der Waals surface area (Å²) < 4.78 is 14.2. The van der Waals surface area contributed by atoms with Crippen LogP contribution < -0.4 is 5.56 Å². The fourth-order valence-electron chi connectivity index (χ4n) is 2.01. The van der Waals surface area contributed by atoms with Crippen LogP contribution >= 0.6 is 0 Å². The summed E-state index contributed by atoms with van der Waals surface area (Å²) in [5, 5.41) is 3.01. The van der Waals surface area contributed by atoms with Gasteiger partial charge in [-0.1, -0.05) is 18.2 Å². The maximum atomic E-state index is 12.8. The van der Waals surface area contributed by atoms with E-state index in [2.05, 4.69) is 10.1 Å². The Morgan fingerprint density at radius 2 is 1.95 bits per heavy atom. The number of rotatable bonds is 3. The van der Waals surface area contributed by atoms with Crippen LogP contribution in [-0.4, -0.2) is 14.8 Å². The van der Waals surface area contributed by atoms with E-state index in [4.69, 9.17) is 0 Å². The quantitative estimate of drug-likeness (QED) is 0.793. The molecule has 100 valence electrons. The highest BCUT2D eigenvalue weighted by Crippen LogP contribution is 2.08. The first kappa shape index (κ1) is 12.3. The van der Waals surface area contributed by atoms with E-state index < -0.39 is 0 Å². The minimum Gasteiger partial charge on any atom is -0.293 e.